The molecule has 148 valence electrons. The van der Waals surface area contributed by atoms with Crippen LogP contribution in [0.3, 0.4) is 0 Å². The van der Waals surface area contributed by atoms with E-state index >= 15 is 0 Å². The zero-order chi connectivity index (χ0) is 21.1. The molecule has 0 atom stereocenters. The molecule has 1 N–H and O–H groups in total. The van der Waals surface area contributed by atoms with E-state index in [1.807, 2.05) is 24.3 Å². The summed E-state index contributed by atoms with van der Waals surface area (Å²) < 4.78 is 7.01. The SMILES string of the molecule is C=Cc1cc(O[Si](c2ccccc2)(c2ccccc2)C(C)(C)C)cc(C=C)c1O. The van der Waals surface area contributed by atoms with Crippen molar-refractivity contribution < 1.29 is 9.53 Å². The summed E-state index contributed by atoms with van der Waals surface area (Å²) in [6.45, 7) is 14.4. The van der Waals surface area contributed by atoms with Gasteiger partial charge in [0.2, 0.25) is 0 Å². The van der Waals surface area contributed by atoms with Crippen LogP contribution in [0.1, 0.15) is 31.9 Å². The van der Waals surface area contributed by atoms with Gasteiger partial charge in [-0.15, -0.1) is 0 Å². The van der Waals surface area contributed by atoms with Crippen LogP contribution in [0.2, 0.25) is 5.04 Å². The number of hydrogen-bond acceptors (Lipinski definition) is 2. The number of rotatable bonds is 6. The Hall–Kier alpha value is -3.04. The molecule has 0 aliphatic rings. The average molecular weight is 401 g/mol. The van der Waals surface area contributed by atoms with E-state index in [2.05, 4.69) is 82.5 Å². The van der Waals surface area contributed by atoms with E-state index in [0.29, 0.717) is 16.9 Å². The molecule has 0 saturated carbocycles. The molecule has 3 heteroatoms. The predicted molar refractivity (Wildman–Crippen MR) is 127 cm³/mol. The molecule has 0 aliphatic carbocycles. The first kappa shape index (κ1) is 20.7. The Morgan fingerprint density at radius 1 is 0.793 bits per heavy atom. The van der Waals surface area contributed by atoms with Crippen LogP contribution in [0.4, 0.5) is 0 Å². The molecular formula is C26H28O2Si. The Labute approximate surface area is 174 Å². The van der Waals surface area contributed by atoms with Crippen LogP contribution in [0, 0.1) is 0 Å². The quantitative estimate of drug-likeness (QED) is 0.544. The van der Waals surface area contributed by atoms with Gasteiger partial charge in [0, 0.05) is 11.1 Å². The minimum absolute atomic E-state index is 0.143. The number of aromatic hydroxyl groups is 1. The Bertz CT molecular complexity index is 933. The molecule has 0 aliphatic heterocycles. The van der Waals surface area contributed by atoms with E-state index in [4.69, 9.17) is 4.43 Å². The summed E-state index contributed by atoms with van der Waals surface area (Å²) in [7, 11) is -2.73. The monoisotopic (exact) mass is 400 g/mol. The van der Waals surface area contributed by atoms with Crippen LogP contribution in [0.25, 0.3) is 12.2 Å². The van der Waals surface area contributed by atoms with E-state index in [0.717, 1.165) is 0 Å². The maximum Gasteiger partial charge on any atom is 0.319 e. The second-order valence-electron chi connectivity index (χ2n) is 8.12. The van der Waals surface area contributed by atoms with Gasteiger partial charge in [-0.25, -0.2) is 0 Å². The molecule has 0 bridgehead atoms. The van der Waals surface area contributed by atoms with E-state index in [1.165, 1.54) is 10.4 Å². The van der Waals surface area contributed by atoms with Crippen molar-refractivity contribution in [1.29, 1.82) is 0 Å². The van der Waals surface area contributed by atoms with Crippen LogP contribution in [-0.4, -0.2) is 13.4 Å². The third kappa shape index (κ3) is 3.78. The lowest BCUT2D eigenvalue weighted by Crippen LogP contribution is -2.68. The Morgan fingerprint density at radius 3 is 1.55 bits per heavy atom. The van der Waals surface area contributed by atoms with Gasteiger partial charge in [-0.2, -0.15) is 0 Å². The van der Waals surface area contributed by atoms with Gasteiger partial charge in [-0.05, 0) is 27.5 Å². The minimum Gasteiger partial charge on any atom is -0.534 e. The first-order valence-corrected chi connectivity index (χ1v) is 11.7. The van der Waals surface area contributed by atoms with Gasteiger partial charge in [0.25, 0.3) is 0 Å². The molecule has 3 aromatic rings. The summed E-state index contributed by atoms with van der Waals surface area (Å²) in [5.74, 6) is 0.881. The standard InChI is InChI=1S/C26H28O2Si/c1-6-20-18-22(19-21(7-2)25(20)27)28-29(26(3,4)5,23-14-10-8-11-15-23)24-16-12-9-13-17-24/h6-19,27H,1-2H2,3-5H3. The van der Waals surface area contributed by atoms with Crippen LogP contribution in [0.15, 0.2) is 86.0 Å². The minimum atomic E-state index is -2.73. The summed E-state index contributed by atoms with van der Waals surface area (Å²) in [5, 5.41) is 12.7. The number of benzene rings is 3. The van der Waals surface area contributed by atoms with Crippen molar-refractivity contribution in [3.8, 4) is 11.5 Å². The topological polar surface area (TPSA) is 29.5 Å². The highest BCUT2D eigenvalue weighted by molar-refractivity contribution is 7.00. The van der Waals surface area contributed by atoms with Gasteiger partial charge in [0.05, 0.1) is 0 Å². The van der Waals surface area contributed by atoms with E-state index in [-0.39, 0.29) is 10.8 Å². The van der Waals surface area contributed by atoms with Crippen LogP contribution in [-0.2, 0) is 0 Å². The molecule has 0 fully saturated rings. The normalized spacial score (nSPS) is 11.7. The molecule has 0 amide bonds. The smallest absolute Gasteiger partial charge is 0.319 e. The Kier molecular flexibility index (Phi) is 5.80. The lowest BCUT2D eigenvalue weighted by Gasteiger charge is -2.43. The molecule has 0 unspecified atom stereocenters. The van der Waals surface area contributed by atoms with E-state index in [1.54, 1.807) is 12.2 Å². The Balaban J connectivity index is 2.30. The number of hydrogen-bond donors (Lipinski definition) is 1. The highest BCUT2D eigenvalue weighted by Gasteiger charge is 2.52. The van der Waals surface area contributed by atoms with Crippen LogP contribution < -0.4 is 14.8 Å². The van der Waals surface area contributed by atoms with Gasteiger partial charge < -0.3 is 9.53 Å². The molecule has 29 heavy (non-hydrogen) atoms. The van der Waals surface area contributed by atoms with Gasteiger partial charge in [-0.3, -0.25) is 0 Å². The van der Waals surface area contributed by atoms with Gasteiger partial charge in [0.15, 0.2) is 0 Å². The molecule has 0 radical (unpaired) electrons. The second kappa shape index (κ2) is 8.14. The summed E-state index contributed by atoms with van der Waals surface area (Å²) in [6.07, 6.45) is 3.28. The molecule has 3 rings (SSSR count). The van der Waals surface area contributed by atoms with Gasteiger partial charge >= 0.3 is 8.32 Å². The molecule has 0 spiro atoms. The molecule has 0 saturated heterocycles. The zero-order valence-corrected chi connectivity index (χ0v) is 18.4. The summed E-state index contributed by atoms with van der Waals surface area (Å²) in [6, 6.07) is 24.7. The Morgan fingerprint density at radius 2 is 1.21 bits per heavy atom. The van der Waals surface area contributed by atoms with E-state index in [9.17, 15) is 5.11 Å². The fourth-order valence-corrected chi connectivity index (χ4v) is 8.25. The highest BCUT2D eigenvalue weighted by Crippen LogP contribution is 2.39. The molecule has 0 aromatic heterocycles. The third-order valence-corrected chi connectivity index (χ3v) is 10.2. The van der Waals surface area contributed by atoms with Crippen LogP contribution in [0.5, 0.6) is 11.5 Å². The highest BCUT2D eigenvalue weighted by atomic mass is 28.4. The van der Waals surface area contributed by atoms with E-state index < -0.39 is 8.32 Å². The van der Waals surface area contributed by atoms with Crippen molar-refractivity contribution in [2.45, 2.75) is 25.8 Å². The predicted octanol–water partition coefficient (Wildman–Crippen LogP) is 5.62. The van der Waals surface area contributed by atoms with Crippen LogP contribution >= 0.6 is 0 Å². The summed E-state index contributed by atoms with van der Waals surface area (Å²) in [5.41, 5.74) is 1.27. The van der Waals surface area contributed by atoms with Gasteiger partial charge in [0.1, 0.15) is 11.5 Å². The molecule has 2 nitrogen and oxygen atoms in total. The summed E-state index contributed by atoms with van der Waals surface area (Å²) >= 11 is 0. The van der Waals surface area contributed by atoms with Crippen molar-refractivity contribution in [3.63, 3.8) is 0 Å². The largest absolute Gasteiger partial charge is 0.534 e. The van der Waals surface area contributed by atoms with Crippen molar-refractivity contribution >= 4 is 30.8 Å². The average Bonchev–Trinajstić information content (AvgIpc) is 2.73. The first-order chi connectivity index (χ1) is 13.8. The maximum atomic E-state index is 10.4. The van der Waals surface area contributed by atoms with Crippen molar-refractivity contribution in [1.82, 2.24) is 0 Å². The molecule has 3 aromatic carbocycles. The zero-order valence-electron chi connectivity index (χ0n) is 17.4. The number of phenols is 1. The maximum absolute atomic E-state index is 10.4. The van der Waals surface area contributed by atoms with Gasteiger partial charge in [-0.1, -0.05) is 107 Å². The van der Waals surface area contributed by atoms with Crippen molar-refractivity contribution in [2.24, 2.45) is 0 Å². The molecule has 0 heterocycles. The number of phenolic OH excluding ortho intramolecular Hbond substituents is 1. The van der Waals surface area contributed by atoms with Crippen molar-refractivity contribution in [3.05, 3.63) is 97.1 Å². The first-order valence-electron chi connectivity index (χ1n) is 9.75. The summed E-state index contributed by atoms with van der Waals surface area (Å²) in [4.78, 5) is 0. The fourth-order valence-electron chi connectivity index (χ4n) is 3.85. The second-order valence-corrected chi connectivity index (χ2v) is 12.3. The third-order valence-electron chi connectivity index (χ3n) is 5.27. The van der Waals surface area contributed by atoms with Crippen molar-refractivity contribution in [2.75, 3.05) is 0 Å². The molecular weight excluding hydrogens is 372 g/mol. The lowest BCUT2D eigenvalue weighted by atomic mass is 10.1. The fraction of sp³-hybridized carbons (Fsp3) is 0.154. The lowest BCUT2D eigenvalue weighted by molar-refractivity contribution is 0.468.